The average Bonchev–Trinajstić information content (AvgIpc) is 2.41. The lowest BCUT2D eigenvalue weighted by molar-refractivity contribution is -0.122. The minimum Gasteiger partial charge on any atom is -0.479 e. The Balaban J connectivity index is 2.01. The summed E-state index contributed by atoms with van der Waals surface area (Å²) in [5, 5.41) is 3.20. The van der Waals surface area contributed by atoms with Crippen LogP contribution in [0.25, 0.3) is 0 Å². The number of nitrogens with one attached hydrogen (secondary N) is 1. The summed E-state index contributed by atoms with van der Waals surface area (Å²) in [5.74, 6) is 0.208. The minimum absolute atomic E-state index is 0.268. The van der Waals surface area contributed by atoms with Gasteiger partial charge in [-0.1, -0.05) is 29.8 Å². The van der Waals surface area contributed by atoms with Crippen molar-refractivity contribution in [2.24, 2.45) is 0 Å². The van der Waals surface area contributed by atoms with Gasteiger partial charge in [0.15, 0.2) is 6.10 Å². The van der Waals surface area contributed by atoms with E-state index in [1.807, 2.05) is 0 Å². The maximum Gasteiger partial charge on any atom is 0.265 e. The van der Waals surface area contributed by atoms with Crippen LogP contribution >= 0.6 is 11.6 Å². The van der Waals surface area contributed by atoms with E-state index >= 15 is 0 Å². The van der Waals surface area contributed by atoms with E-state index in [4.69, 9.17) is 22.1 Å². The first-order valence-corrected chi connectivity index (χ1v) is 6.51. The quantitative estimate of drug-likeness (QED) is 0.849. The van der Waals surface area contributed by atoms with Crippen molar-refractivity contribution in [1.82, 2.24) is 0 Å². The Bertz CT molecular complexity index is 616. The van der Waals surface area contributed by atoms with Crippen LogP contribution in [0.1, 0.15) is 6.92 Å². The van der Waals surface area contributed by atoms with E-state index in [1.165, 1.54) is 0 Å². The SMILES string of the molecule is C[C@@H](Oc1ccccc1Cl)C(=O)Nc1cccc(N)c1. The van der Waals surface area contributed by atoms with Crippen molar-refractivity contribution in [2.75, 3.05) is 11.1 Å². The van der Waals surface area contributed by atoms with Crippen LogP contribution in [0.15, 0.2) is 48.5 Å². The number of nitrogens with two attached hydrogens (primary N) is 1. The second-order valence-corrected chi connectivity index (χ2v) is 4.71. The number of rotatable bonds is 4. The molecular formula is C15H15ClN2O2. The fourth-order valence-corrected chi connectivity index (χ4v) is 1.82. The molecule has 0 fully saturated rings. The molecule has 3 N–H and O–H groups in total. The summed E-state index contributed by atoms with van der Waals surface area (Å²) >= 11 is 5.98. The van der Waals surface area contributed by atoms with Crippen LogP contribution in [-0.4, -0.2) is 12.0 Å². The van der Waals surface area contributed by atoms with Crippen molar-refractivity contribution in [3.63, 3.8) is 0 Å². The molecule has 2 aromatic carbocycles. The number of ether oxygens (including phenoxy) is 1. The first-order valence-electron chi connectivity index (χ1n) is 6.14. The number of para-hydroxylation sites is 1. The molecule has 0 saturated heterocycles. The number of carbonyl (C=O) groups is 1. The summed E-state index contributed by atoms with van der Waals surface area (Å²) in [4.78, 5) is 12.0. The zero-order chi connectivity index (χ0) is 14.5. The number of halogens is 1. The number of hydrogen-bond acceptors (Lipinski definition) is 3. The van der Waals surface area contributed by atoms with E-state index in [-0.39, 0.29) is 5.91 Å². The molecule has 0 saturated carbocycles. The lowest BCUT2D eigenvalue weighted by Crippen LogP contribution is -2.30. The predicted molar refractivity (Wildman–Crippen MR) is 81.0 cm³/mol. The molecule has 1 atom stereocenters. The molecule has 0 aliphatic carbocycles. The summed E-state index contributed by atoms with van der Waals surface area (Å²) in [5.41, 5.74) is 6.87. The minimum atomic E-state index is -0.670. The lowest BCUT2D eigenvalue weighted by Gasteiger charge is -2.15. The van der Waals surface area contributed by atoms with Crippen molar-refractivity contribution in [2.45, 2.75) is 13.0 Å². The Morgan fingerprint density at radius 2 is 2.00 bits per heavy atom. The van der Waals surface area contributed by atoms with Crippen LogP contribution in [-0.2, 0) is 4.79 Å². The van der Waals surface area contributed by atoms with E-state index in [9.17, 15) is 4.79 Å². The van der Waals surface area contributed by atoms with Crippen molar-refractivity contribution in [3.8, 4) is 5.75 Å². The van der Waals surface area contributed by atoms with Gasteiger partial charge in [-0.05, 0) is 37.3 Å². The smallest absolute Gasteiger partial charge is 0.265 e. The van der Waals surface area contributed by atoms with Gasteiger partial charge >= 0.3 is 0 Å². The summed E-state index contributed by atoms with van der Waals surface area (Å²) < 4.78 is 5.53. The van der Waals surface area contributed by atoms with Gasteiger partial charge in [0.05, 0.1) is 5.02 Å². The standard InChI is InChI=1S/C15H15ClN2O2/c1-10(20-14-8-3-2-7-13(14)16)15(19)18-12-6-4-5-11(17)9-12/h2-10H,17H2,1H3,(H,18,19)/t10-/m1/s1. The highest BCUT2D eigenvalue weighted by molar-refractivity contribution is 6.32. The molecule has 0 bridgehead atoms. The first kappa shape index (κ1) is 14.2. The van der Waals surface area contributed by atoms with Crippen LogP contribution in [0.3, 0.4) is 0 Å². The number of benzene rings is 2. The Labute approximate surface area is 122 Å². The molecule has 0 radical (unpaired) electrons. The average molecular weight is 291 g/mol. The third-order valence-electron chi connectivity index (χ3n) is 2.66. The van der Waals surface area contributed by atoms with Crippen LogP contribution in [0.5, 0.6) is 5.75 Å². The van der Waals surface area contributed by atoms with Crippen molar-refractivity contribution in [1.29, 1.82) is 0 Å². The Hall–Kier alpha value is -2.20. The zero-order valence-corrected chi connectivity index (χ0v) is 11.7. The number of amides is 1. The third-order valence-corrected chi connectivity index (χ3v) is 2.98. The molecule has 1 amide bonds. The molecule has 5 heteroatoms. The van der Waals surface area contributed by atoms with Crippen LogP contribution in [0.2, 0.25) is 5.02 Å². The largest absolute Gasteiger partial charge is 0.479 e. The summed E-state index contributed by atoms with van der Waals surface area (Å²) in [6, 6.07) is 14.0. The molecule has 0 aromatic heterocycles. The van der Waals surface area contributed by atoms with Gasteiger partial charge in [0.25, 0.3) is 5.91 Å². The summed E-state index contributed by atoms with van der Waals surface area (Å²) in [6.07, 6.45) is -0.670. The van der Waals surface area contributed by atoms with Crippen LogP contribution in [0, 0.1) is 0 Å². The molecule has 4 nitrogen and oxygen atoms in total. The maximum atomic E-state index is 12.0. The highest BCUT2D eigenvalue weighted by Crippen LogP contribution is 2.24. The fourth-order valence-electron chi connectivity index (χ4n) is 1.64. The lowest BCUT2D eigenvalue weighted by atomic mass is 10.2. The van der Waals surface area contributed by atoms with Gasteiger partial charge in [-0.2, -0.15) is 0 Å². The van der Waals surface area contributed by atoms with E-state index < -0.39 is 6.10 Å². The van der Waals surface area contributed by atoms with Gasteiger partial charge < -0.3 is 15.8 Å². The molecule has 0 aliphatic rings. The Morgan fingerprint density at radius 1 is 1.25 bits per heavy atom. The molecule has 0 heterocycles. The molecule has 0 aliphatic heterocycles. The second kappa shape index (κ2) is 6.30. The van der Waals surface area contributed by atoms with Gasteiger partial charge in [-0.3, -0.25) is 4.79 Å². The summed E-state index contributed by atoms with van der Waals surface area (Å²) in [7, 11) is 0. The van der Waals surface area contributed by atoms with Gasteiger partial charge in [0.2, 0.25) is 0 Å². The van der Waals surface area contributed by atoms with Gasteiger partial charge in [0, 0.05) is 11.4 Å². The van der Waals surface area contributed by atoms with Gasteiger partial charge in [-0.25, -0.2) is 0 Å². The third kappa shape index (κ3) is 3.65. The first-order chi connectivity index (χ1) is 9.56. The van der Waals surface area contributed by atoms with Gasteiger partial charge in [0.1, 0.15) is 5.75 Å². The van der Waals surface area contributed by atoms with E-state index in [0.29, 0.717) is 22.1 Å². The van der Waals surface area contributed by atoms with Crippen LogP contribution < -0.4 is 15.8 Å². The monoisotopic (exact) mass is 290 g/mol. The van der Waals surface area contributed by atoms with Crippen LogP contribution in [0.4, 0.5) is 11.4 Å². The van der Waals surface area contributed by atoms with Gasteiger partial charge in [-0.15, -0.1) is 0 Å². The fraction of sp³-hybridized carbons (Fsp3) is 0.133. The number of anilines is 2. The number of hydrogen-bond donors (Lipinski definition) is 2. The molecule has 104 valence electrons. The summed E-state index contributed by atoms with van der Waals surface area (Å²) in [6.45, 7) is 1.66. The molecule has 2 rings (SSSR count). The number of nitrogen functional groups attached to an aromatic ring is 1. The normalized spacial score (nSPS) is 11.7. The Morgan fingerprint density at radius 3 is 2.70 bits per heavy atom. The highest BCUT2D eigenvalue weighted by atomic mass is 35.5. The van der Waals surface area contributed by atoms with E-state index in [0.717, 1.165) is 0 Å². The van der Waals surface area contributed by atoms with E-state index in [1.54, 1.807) is 55.5 Å². The molecule has 0 spiro atoms. The predicted octanol–water partition coefficient (Wildman–Crippen LogP) is 3.33. The molecule has 0 unspecified atom stereocenters. The molecular weight excluding hydrogens is 276 g/mol. The Kier molecular flexibility index (Phi) is 4.48. The second-order valence-electron chi connectivity index (χ2n) is 4.31. The number of carbonyl (C=O) groups excluding carboxylic acids is 1. The molecule has 20 heavy (non-hydrogen) atoms. The van der Waals surface area contributed by atoms with Crippen molar-refractivity contribution < 1.29 is 9.53 Å². The zero-order valence-electron chi connectivity index (χ0n) is 11.0. The van der Waals surface area contributed by atoms with E-state index in [2.05, 4.69) is 5.32 Å². The highest BCUT2D eigenvalue weighted by Gasteiger charge is 2.16. The topological polar surface area (TPSA) is 64.3 Å². The maximum absolute atomic E-state index is 12.0. The van der Waals surface area contributed by atoms with Crippen molar-refractivity contribution in [3.05, 3.63) is 53.6 Å². The van der Waals surface area contributed by atoms with Crippen molar-refractivity contribution >= 4 is 28.9 Å². The molecule has 2 aromatic rings.